The maximum atomic E-state index is 11.8. The van der Waals surface area contributed by atoms with Crippen molar-refractivity contribution in [2.45, 2.75) is 19.8 Å². The number of benzene rings is 1. The van der Waals surface area contributed by atoms with Crippen molar-refractivity contribution in [2.24, 2.45) is 0 Å². The number of amides is 1. The number of carbonyl (C=O) groups is 1. The van der Waals surface area contributed by atoms with Crippen LogP contribution in [0.15, 0.2) is 46.3 Å². The fourth-order valence-electron chi connectivity index (χ4n) is 2.20. The summed E-state index contributed by atoms with van der Waals surface area (Å²) in [7, 11) is 0. The fraction of sp³-hybridized carbons (Fsp3) is 0.235. The van der Waals surface area contributed by atoms with Crippen LogP contribution in [0.25, 0.3) is 11.4 Å². The normalized spacial score (nSPS) is 10.7. The van der Waals surface area contributed by atoms with Crippen LogP contribution in [0.5, 0.6) is 0 Å². The summed E-state index contributed by atoms with van der Waals surface area (Å²) >= 11 is 1.58. The standard InChI is InChI=1S/C17H17N3O2S/c1-12-4-2-5-13(10-12)17-19-16(22-20-17)7-8-18-15(21)11-14-6-3-9-23-14/h2-6,9-10H,7-8,11H2,1H3,(H,18,21). The molecule has 0 bridgehead atoms. The third kappa shape index (κ3) is 4.26. The van der Waals surface area contributed by atoms with Crippen LogP contribution < -0.4 is 5.32 Å². The summed E-state index contributed by atoms with van der Waals surface area (Å²) in [6.07, 6.45) is 0.936. The summed E-state index contributed by atoms with van der Waals surface area (Å²) < 4.78 is 5.24. The van der Waals surface area contributed by atoms with Gasteiger partial charge in [0.25, 0.3) is 0 Å². The predicted octanol–water partition coefficient (Wildman–Crippen LogP) is 3.01. The lowest BCUT2D eigenvalue weighted by Gasteiger charge is -2.01. The van der Waals surface area contributed by atoms with Gasteiger partial charge in [0.05, 0.1) is 6.42 Å². The van der Waals surface area contributed by atoms with E-state index in [-0.39, 0.29) is 5.91 Å². The Bertz CT molecular complexity index is 781. The summed E-state index contributed by atoms with van der Waals surface area (Å²) in [5, 5.41) is 8.82. The molecule has 1 N–H and O–H groups in total. The molecule has 1 aromatic carbocycles. The van der Waals surface area contributed by atoms with E-state index in [1.807, 2.05) is 48.7 Å². The van der Waals surface area contributed by atoms with Gasteiger partial charge in [0.2, 0.25) is 17.6 Å². The Morgan fingerprint density at radius 1 is 1.30 bits per heavy atom. The van der Waals surface area contributed by atoms with E-state index < -0.39 is 0 Å². The maximum absolute atomic E-state index is 11.8. The Balaban J connectivity index is 1.50. The lowest BCUT2D eigenvalue weighted by atomic mass is 10.1. The monoisotopic (exact) mass is 327 g/mol. The van der Waals surface area contributed by atoms with E-state index in [1.165, 1.54) is 0 Å². The Morgan fingerprint density at radius 2 is 2.22 bits per heavy atom. The van der Waals surface area contributed by atoms with Crippen molar-refractivity contribution in [1.29, 1.82) is 0 Å². The molecule has 0 radical (unpaired) electrons. The number of carbonyl (C=O) groups excluding carboxylic acids is 1. The van der Waals surface area contributed by atoms with Crippen molar-refractivity contribution in [3.8, 4) is 11.4 Å². The molecule has 0 aliphatic rings. The first-order chi connectivity index (χ1) is 11.2. The highest BCUT2D eigenvalue weighted by Crippen LogP contribution is 2.17. The molecule has 0 aliphatic carbocycles. The third-order valence-corrected chi connectivity index (χ3v) is 4.20. The SMILES string of the molecule is Cc1cccc(-c2noc(CCNC(=O)Cc3cccs3)n2)c1. The highest BCUT2D eigenvalue weighted by molar-refractivity contribution is 7.10. The van der Waals surface area contributed by atoms with E-state index in [0.29, 0.717) is 31.1 Å². The summed E-state index contributed by atoms with van der Waals surface area (Å²) in [6, 6.07) is 11.8. The summed E-state index contributed by atoms with van der Waals surface area (Å²) in [5.74, 6) is 1.11. The Hall–Kier alpha value is -2.47. The van der Waals surface area contributed by atoms with Gasteiger partial charge >= 0.3 is 0 Å². The van der Waals surface area contributed by atoms with Crippen molar-refractivity contribution in [3.05, 3.63) is 58.1 Å². The molecule has 2 heterocycles. The van der Waals surface area contributed by atoms with Gasteiger partial charge in [-0.05, 0) is 24.4 Å². The molecule has 0 aliphatic heterocycles. The number of rotatable bonds is 6. The van der Waals surface area contributed by atoms with E-state index in [4.69, 9.17) is 4.52 Å². The van der Waals surface area contributed by atoms with Crippen LogP contribution in [0.2, 0.25) is 0 Å². The van der Waals surface area contributed by atoms with Gasteiger partial charge in [-0.15, -0.1) is 11.3 Å². The molecule has 0 saturated heterocycles. The first-order valence-corrected chi connectivity index (χ1v) is 8.27. The number of aryl methyl sites for hydroxylation is 1. The average molecular weight is 327 g/mol. The Kier molecular flexibility index (Phi) is 4.83. The lowest BCUT2D eigenvalue weighted by molar-refractivity contribution is -0.120. The maximum Gasteiger partial charge on any atom is 0.228 e. The Morgan fingerprint density at radius 3 is 3.00 bits per heavy atom. The van der Waals surface area contributed by atoms with E-state index >= 15 is 0 Å². The van der Waals surface area contributed by atoms with Crippen molar-refractivity contribution in [2.75, 3.05) is 6.54 Å². The molecule has 0 saturated carbocycles. The first kappa shape index (κ1) is 15.4. The van der Waals surface area contributed by atoms with Crippen molar-refractivity contribution < 1.29 is 9.32 Å². The first-order valence-electron chi connectivity index (χ1n) is 7.39. The summed E-state index contributed by atoms with van der Waals surface area (Å²) in [4.78, 5) is 17.2. The van der Waals surface area contributed by atoms with E-state index in [0.717, 1.165) is 16.0 Å². The molecule has 6 heteroatoms. The smallest absolute Gasteiger partial charge is 0.228 e. The van der Waals surface area contributed by atoms with Gasteiger partial charge in [-0.2, -0.15) is 4.98 Å². The van der Waals surface area contributed by atoms with Crippen LogP contribution in [-0.4, -0.2) is 22.6 Å². The molecule has 0 spiro atoms. The highest BCUT2D eigenvalue weighted by atomic mass is 32.1. The van der Waals surface area contributed by atoms with Crippen LogP contribution in [0.1, 0.15) is 16.3 Å². The van der Waals surface area contributed by atoms with Crippen LogP contribution in [0.3, 0.4) is 0 Å². The van der Waals surface area contributed by atoms with Gasteiger partial charge in [0.15, 0.2) is 0 Å². The zero-order valence-corrected chi connectivity index (χ0v) is 13.6. The Labute approximate surface area is 138 Å². The predicted molar refractivity (Wildman–Crippen MR) is 89.2 cm³/mol. The second kappa shape index (κ2) is 7.19. The average Bonchev–Trinajstić information content (AvgIpc) is 3.19. The minimum absolute atomic E-state index is 0.00544. The second-order valence-corrected chi connectivity index (χ2v) is 6.27. The number of nitrogens with one attached hydrogen (secondary N) is 1. The quantitative estimate of drug-likeness (QED) is 0.756. The summed E-state index contributed by atoms with van der Waals surface area (Å²) in [6.45, 7) is 2.51. The lowest BCUT2D eigenvalue weighted by Crippen LogP contribution is -2.27. The third-order valence-electron chi connectivity index (χ3n) is 3.32. The van der Waals surface area contributed by atoms with Crippen molar-refractivity contribution in [3.63, 3.8) is 0 Å². The molecule has 23 heavy (non-hydrogen) atoms. The van der Waals surface area contributed by atoms with Gasteiger partial charge in [-0.1, -0.05) is 35.0 Å². The van der Waals surface area contributed by atoms with Crippen molar-refractivity contribution >= 4 is 17.2 Å². The van der Waals surface area contributed by atoms with Crippen LogP contribution in [0, 0.1) is 6.92 Å². The molecule has 1 amide bonds. The molecule has 0 fully saturated rings. The van der Waals surface area contributed by atoms with E-state index in [1.54, 1.807) is 11.3 Å². The number of hydrogen-bond donors (Lipinski definition) is 1. The van der Waals surface area contributed by atoms with Crippen LogP contribution >= 0.6 is 11.3 Å². The minimum atomic E-state index is 0.00544. The fourth-order valence-corrected chi connectivity index (χ4v) is 2.90. The van der Waals surface area contributed by atoms with Gasteiger partial charge in [-0.3, -0.25) is 4.79 Å². The second-order valence-electron chi connectivity index (χ2n) is 5.24. The molecular formula is C17H17N3O2S. The largest absolute Gasteiger partial charge is 0.355 e. The molecule has 3 rings (SSSR count). The zero-order chi connectivity index (χ0) is 16.1. The zero-order valence-electron chi connectivity index (χ0n) is 12.8. The molecule has 3 aromatic rings. The number of nitrogens with zero attached hydrogens (tertiary/aromatic N) is 2. The topological polar surface area (TPSA) is 68.0 Å². The van der Waals surface area contributed by atoms with E-state index in [2.05, 4.69) is 15.5 Å². The molecule has 118 valence electrons. The van der Waals surface area contributed by atoms with Gasteiger partial charge in [0.1, 0.15) is 0 Å². The van der Waals surface area contributed by atoms with Crippen LogP contribution in [0.4, 0.5) is 0 Å². The van der Waals surface area contributed by atoms with Gasteiger partial charge in [0, 0.05) is 23.4 Å². The van der Waals surface area contributed by atoms with E-state index in [9.17, 15) is 4.79 Å². The highest BCUT2D eigenvalue weighted by Gasteiger charge is 2.09. The van der Waals surface area contributed by atoms with Crippen LogP contribution in [-0.2, 0) is 17.6 Å². The number of hydrogen-bond acceptors (Lipinski definition) is 5. The minimum Gasteiger partial charge on any atom is -0.355 e. The molecular weight excluding hydrogens is 310 g/mol. The van der Waals surface area contributed by atoms with Crippen molar-refractivity contribution in [1.82, 2.24) is 15.5 Å². The molecule has 0 atom stereocenters. The van der Waals surface area contributed by atoms with Gasteiger partial charge < -0.3 is 9.84 Å². The summed E-state index contributed by atoms with van der Waals surface area (Å²) in [5.41, 5.74) is 2.08. The number of thiophene rings is 1. The number of aromatic nitrogens is 2. The molecule has 0 unspecified atom stereocenters. The molecule has 5 nitrogen and oxygen atoms in total. The van der Waals surface area contributed by atoms with Gasteiger partial charge in [-0.25, -0.2) is 0 Å². The molecule has 2 aromatic heterocycles.